The van der Waals surface area contributed by atoms with Crippen molar-refractivity contribution in [2.75, 3.05) is 6.61 Å². The van der Waals surface area contributed by atoms with Gasteiger partial charge in [-0.05, 0) is 47.0 Å². The third-order valence-electron chi connectivity index (χ3n) is 3.59. The second-order valence-corrected chi connectivity index (χ2v) is 6.65. The Bertz CT molecular complexity index is 887. The minimum atomic E-state index is -0.371. The molecule has 0 unspecified atom stereocenters. The number of ether oxygens (including phenoxy) is 1. The SMILES string of the molecule is CCOC(=O)c1ncc2[nH]c3c(Br)cc(Br)cc3c2c1CC. The Kier molecular flexibility index (Phi) is 4.23. The monoisotopic (exact) mass is 424 g/mol. The van der Waals surface area contributed by atoms with Gasteiger partial charge >= 0.3 is 5.97 Å². The van der Waals surface area contributed by atoms with Gasteiger partial charge in [-0.1, -0.05) is 22.9 Å². The number of nitrogens with one attached hydrogen (secondary N) is 1. The van der Waals surface area contributed by atoms with Crippen LogP contribution in [0.3, 0.4) is 0 Å². The lowest BCUT2D eigenvalue weighted by molar-refractivity contribution is 0.0518. The van der Waals surface area contributed by atoms with E-state index >= 15 is 0 Å². The van der Waals surface area contributed by atoms with Crippen molar-refractivity contribution in [1.82, 2.24) is 9.97 Å². The van der Waals surface area contributed by atoms with Crippen molar-refractivity contribution in [3.63, 3.8) is 0 Å². The van der Waals surface area contributed by atoms with E-state index in [1.165, 1.54) is 0 Å². The normalized spacial score (nSPS) is 11.3. The van der Waals surface area contributed by atoms with Gasteiger partial charge in [0, 0.05) is 19.7 Å². The number of hydrogen-bond acceptors (Lipinski definition) is 3. The van der Waals surface area contributed by atoms with E-state index in [2.05, 4.69) is 41.8 Å². The molecule has 0 saturated carbocycles. The third kappa shape index (κ3) is 2.44. The molecule has 0 aliphatic carbocycles. The Morgan fingerprint density at radius 2 is 2.09 bits per heavy atom. The lowest BCUT2D eigenvalue weighted by atomic mass is 10.0. The molecule has 0 atom stereocenters. The number of carbonyl (C=O) groups is 1. The lowest BCUT2D eigenvalue weighted by Gasteiger charge is -2.08. The summed E-state index contributed by atoms with van der Waals surface area (Å²) in [6, 6.07) is 4.04. The number of rotatable bonds is 3. The first-order chi connectivity index (χ1) is 10.6. The van der Waals surface area contributed by atoms with Gasteiger partial charge in [0.2, 0.25) is 0 Å². The highest BCUT2D eigenvalue weighted by Crippen LogP contribution is 2.36. The third-order valence-corrected chi connectivity index (χ3v) is 4.67. The van der Waals surface area contributed by atoms with Crippen LogP contribution in [0.2, 0.25) is 0 Å². The minimum Gasteiger partial charge on any atom is -0.461 e. The largest absolute Gasteiger partial charge is 0.461 e. The van der Waals surface area contributed by atoms with E-state index < -0.39 is 0 Å². The summed E-state index contributed by atoms with van der Waals surface area (Å²) in [7, 11) is 0. The predicted molar refractivity (Wildman–Crippen MR) is 94.3 cm³/mol. The van der Waals surface area contributed by atoms with Gasteiger partial charge < -0.3 is 9.72 Å². The van der Waals surface area contributed by atoms with Gasteiger partial charge in [0.15, 0.2) is 5.69 Å². The Hall–Kier alpha value is -1.40. The number of esters is 1. The standard InChI is InChI=1S/C16H14Br2N2O2/c1-3-9-13-10-5-8(17)6-11(18)14(10)20-12(13)7-19-15(9)16(21)22-4-2/h5-7,20H,3-4H2,1-2H3. The van der Waals surface area contributed by atoms with E-state index in [1.807, 2.05) is 19.1 Å². The molecule has 3 aromatic rings. The quantitative estimate of drug-likeness (QED) is 0.602. The molecule has 22 heavy (non-hydrogen) atoms. The molecule has 6 heteroatoms. The number of aromatic amines is 1. The molecule has 0 radical (unpaired) electrons. The number of benzene rings is 1. The molecule has 0 amide bonds. The first-order valence-corrected chi connectivity index (χ1v) is 8.60. The minimum absolute atomic E-state index is 0.340. The van der Waals surface area contributed by atoms with Crippen molar-refractivity contribution < 1.29 is 9.53 Å². The van der Waals surface area contributed by atoms with E-state index in [1.54, 1.807) is 13.1 Å². The number of halogens is 2. The Morgan fingerprint density at radius 3 is 2.77 bits per heavy atom. The fraction of sp³-hybridized carbons (Fsp3) is 0.250. The van der Waals surface area contributed by atoms with E-state index in [-0.39, 0.29) is 5.97 Å². The molecule has 0 fully saturated rings. The molecule has 0 saturated heterocycles. The van der Waals surface area contributed by atoms with E-state index in [0.717, 1.165) is 36.3 Å². The summed E-state index contributed by atoms with van der Waals surface area (Å²) in [5.74, 6) is -0.371. The van der Waals surface area contributed by atoms with Gasteiger partial charge in [-0.2, -0.15) is 0 Å². The molecule has 2 aromatic heterocycles. The van der Waals surface area contributed by atoms with Crippen LogP contribution >= 0.6 is 31.9 Å². The average Bonchev–Trinajstić information content (AvgIpc) is 2.85. The number of hydrogen-bond donors (Lipinski definition) is 1. The topological polar surface area (TPSA) is 55.0 Å². The molecule has 0 spiro atoms. The Morgan fingerprint density at radius 1 is 1.32 bits per heavy atom. The molecule has 0 aliphatic rings. The van der Waals surface area contributed by atoms with Gasteiger partial charge in [-0.25, -0.2) is 9.78 Å². The number of H-pyrrole nitrogens is 1. The first-order valence-electron chi connectivity index (χ1n) is 7.02. The van der Waals surface area contributed by atoms with Crippen molar-refractivity contribution in [3.8, 4) is 0 Å². The molecule has 0 aliphatic heterocycles. The van der Waals surface area contributed by atoms with Crippen molar-refractivity contribution in [1.29, 1.82) is 0 Å². The smallest absolute Gasteiger partial charge is 0.357 e. The highest BCUT2D eigenvalue weighted by atomic mass is 79.9. The maximum absolute atomic E-state index is 12.1. The summed E-state index contributed by atoms with van der Waals surface area (Å²) >= 11 is 7.09. The van der Waals surface area contributed by atoms with Gasteiger partial charge in [0.25, 0.3) is 0 Å². The van der Waals surface area contributed by atoms with Crippen molar-refractivity contribution in [2.45, 2.75) is 20.3 Å². The van der Waals surface area contributed by atoms with Crippen LogP contribution in [0, 0.1) is 0 Å². The van der Waals surface area contributed by atoms with Crippen molar-refractivity contribution in [3.05, 3.63) is 38.5 Å². The highest BCUT2D eigenvalue weighted by Gasteiger charge is 2.19. The van der Waals surface area contributed by atoms with E-state index in [9.17, 15) is 4.79 Å². The highest BCUT2D eigenvalue weighted by molar-refractivity contribution is 9.11. The molecular weight excluding hydrogens is 412 g/mol. The lowest BCUT2D eigenvalue weighted by Crippen LogP contribution is -2.10. The maximum atomic E-state index is 12.1. The molecule has 1 aromatic carbocycles. The summed E-state index contributed by atoms with van der Waals surface area (Å²) < 4.78 is 7.07. The first kappa shape index (κ1) is 15.5. The number of aromatic nitrogens is 2. The maximum Gasteiger partial charge on any atom is 0.357 e. The average molecular weight is 426 g/mol. The number of fused-ring (bicyclic) bond motifs is 3. The van der Waals surface area contributed by atoms with Gasteiger partial charge in [-0.3, -0.25) is 0 Å². The molecule has 4 nitrogen and oxygen atoms in total. The molecule has 1 N–H and O–H groups in total. The zero-order chi connectivity index (χ0) is 15.9. The van der Waals surface area contributed by atoms with Crippen molar-refractivity contribution in [2.24, 2.45) is 0 Å². The Balaban J connectivity index is 2.39. The summed E-state index contributed by atoms with van der Waals surface area (Å²) in [6.45, 7) is 4.15. The zero-order valence-electron chi connectivity index (χ0n) is 12.2. The number of pyridine rings is 1. The summed E-state index contributed by atoms with van der Waals surface area (Å²) in [5, 5.41) is 2.08. The zero-order valence-corrected chi connectivity index (χ0v) is 15.3. The van der Waals surface area contributed by atoms with Gasteiger partial charge in [0.05, 0.1) is 23.8 Å². The van der Waals surface area contributed by atoms with Gasteiger partial charge in [-0.15, -0.1) is 0 Å². The summed E-state index contributed by atoms with van der Waals surface area (Å²) in [4.78, 5) is 19.8. The molecule has 114 valence electrons. The van der Waals surface area contributed by atoms with Gasteiger partial charge in [0.1, 0.15) is 0 Å². The fourth-order valence-electron chi connectivity index (χ4n) is 2.71. The van der Waals surface area contributed by atoms with Crippen LogP contribution in [-0.4, -0.2) is 22.5 Å². The molecule has 3 rings (SSSR count). The van der Waals surface area contributed by atoms with E-state index in [4.69, 9.17) is 4.74 Å². The predicted octanol–water partition coefficient (Wildman–Crippen LogP) is 4.98. The molecular formula is C16H14Br2N2O2. The fourth-order valence-corrected chi connectivity index (χ4v) is 4.03. The van der Waals surface area contributed by atoms with Crippen LogP contribution in [0.4, 0.5) is 0 Å². The summed E-state index contributed by atoms with van der Waals surface area (Å²) in [5.41, 5.74) is 3.22. The van der Waals surface area contributed by atoms with Crippen LogP contribution in [0.5, 0.6) is 0 Å². The number of aryl methyl sites for hydroxylation is 1. The second-order valence-electron chi connectivity index (χ2n) is 4.88. The second kappa shape index (κ2) is 6.01. The van der Waals surface area contributed by atoms with E-state index in [0.29, 0.717) is 18.7 Å². The van der Waals surface area contributed by atoms with Crippen LogP contribution in [0.25, 0.3) is 21.8 Å². The Labute approximate surface area is 144 Å². The van der Waals surface area contributed by atoms with Crippen molar-refractivity contribution >= 4 is 59.6 Å². The van der Waals surface area contributed by atoms with Crippen LogP contribution in [-0.2, 0) is 11.2 Å². The molecule has 2 heterocycles. The van der Waals surface area contributed by atoms with Crippen LogP contribution < -0.4 is 0 Å². The van der Waals surface area contributed by atoms with Crippen LogP contribution in [0.1, 0.15) is 29.9 Å². The summed E-state index contributed by atoms with van der Waals surface area (Å²) in [6.07, 6.45) is 2.40. The van der Waals surface area contributed by atoms with Crippen LogP contribution in [0.15, 0.2) is 27.3 Å². The number of nitrogens with zero attached hydrogens (tertiary/aromatic N) is 1. The molecule has 0 bridgehead atoms. The number of carbonyl (C=O) groups excluding carboxylic acids is 1.